The topological polar surface area (TPSA) is 0 Å². The van der Waals surface area contributed by atoms with Gasteiger partial charge in [0.2, 0.25) is 0 Å². The lowest BCUT2D eigenvalue weighted by Crippen LogP contribution is -2.36. The van der Waals surface area contributed by atoms with Crippen molar-refractivity contribution >= 4 is 79.6 Å². The molecular formula is C5H7Br5. The Balaban J connectivity index is 4.02. The zero-order valence-corrected chi connectivity index (χ0v) is 13.0. The maximum Gasteiger partial charge on any atom is 0.0583 e. The molecule has 5 heteroatoms. The van der Waals surface area contributed by atoms with Gasteiger partial charge in [0, 0.05) is 20.8 Å². The molecule has 0 aliphatic rings. The summed E-state index contributed by atoms with van der Waals surface area (Å²) in [7, 11) is 0. The molecule has 0 aromatic rings. The molecule has 10 heavy (non-hydrogen) atoms. The van der Waals surface area contributed by atoms with E-state index in [1.54, 1.807) is 0 Å². The van der Waals surface area contributed by atoms with Crippen LogP contribution in [0.15, 0.2) is 0 Å². The monoisotopic (exact) mass is 462 g/mol. The Labute approximate surface area is 104 Å². The number of alkyl halides is 5. The van der Waals surface area contributed by atoms with Crippen LogP contribution in [-0.4, -0.2) is 25.1 Å². The van der Waals surface area contributed by atoms with Crippen molar-refractivity contribution in [1.82, 2.24) is 0 Å². The third-order valence-electron chi connectivity index (χ3n) is 1.14. The predicted molar refractivity (Wildman–Crippen MR) is 65.8 cm³/mol. The van der Waals surface area contributed by atoms with Crippen molar-refractivity contribution in [3.8, 4) is 0 Å². The largest absolute Gasteiger partial charge is 0.0915 e. The SMILES string of the molecule is BrCC(Br)C(Br)(CBr)CBr. The number of hydrogen-bond donors (Lipinski definition) is 0. The first-order valence-electron chi connectivity index (χ1n) is 2.61. The lowest BCUT2D eigenvalue weighted by Gasteiger charge is -2.26. The van der Waals surface area contributed by atoms with Crippen LogP contribution in [-0.2, 0) is 0 Å². The number of halogens is 5. The first kappa shape index (κ1) is 12.4. The maximum absolute atomic E-state index is 3.64. The van der Waals surface area contributed by atoms with E-state index in [0.717, 1.165) is 16.0 Å². The summed E-state index contributed by atoms with van der Waals surface area (Å²) < 4.78 is 0.108. The highest BCUT2D eigenvalue weighted by Gasteiger charge is 2.31. The van der Waals surface area contributed by atoms with Crippen molar-refractivity contribution in [3.63, 3.8) is 0 Å². The molecule has 0 heterocycles. The van der Waals surface area contributed by atoms with Crippen LogP contribution in [0.1, 0.15) is 0 Å². The Morgan fingerprint density at radius 3 is 1.60 bits per heavy atom. The lowest BCUT2D eigenvalue weighted by atomic mass is 10.1. The summed E-state index contributed by atoms with van der Waals surface area (Å²) in [4.78, 5) is 0.429. The van der Waals surface area contributed by atoms with E-state index in [2.05, 4.69) is 79.6 Å². The van der Waals surface area contributed by atoms with E-state index in [1.807, 2.05) is 0 Å². The Bertz CT molecular complexity index is 90.0. The Kier molecular flexibility index (Phi) is 7.37. The molecule has 0 saturated carbocycles. The fraction of sp³-hybridized carbons (Fsp3) is 1.00. The van der Waals surface area contributed by atoms with Crippen molar-refractivity contribution in [1.29, 1.82) is 0 Å². The molecule has 0 rings (SSSR count). The molecule has 0 spiro atoms. The van der Waals surface area contributed by atoms with Crippen molar-refractivity contribution in [3.05, 3.63) is 0 Å². The fourth-order valence-corrected chi connectivity index (χ4v) is 4.46. The van der Waals surface area contributed by atoms with Gasteiger partial charge in [-0.15, -0.1) is 0 Å². The summed E-state index contributed by atoms with van der Waals surface area (Å²) in [6.07, 6.45) is 0. The van der Waals surface area contributed by atoms with Gasteiger partial charge in [0.15, 0.2) is 0 Å². The van der Waals surface area contributed by atoms with Crippen LogP contribution in [0, 0.1) is 0 Å². The van der Waals surface area contributed by atoms with E-state index in [4.69, 9.17) is 0 Å². The highest BCUT2D eigenvalue weighted by molar-refractivity contribution is 9.15. The minimum atomic E-state index is 0.108. The van der Waals surface area contributed by atoms with Gasteiger partial charge < -0.3 is 0 Å². The van der Waals surface area contributed by atoms with E-state index in [0.29, 0.717) is 4.83 Å². The zero-order chi connectivity index (χ0) is 8.20. The van der Waals surface area contributed by atoms with E-state index in [9.17, 15) is 0 Å². The second-order valence-corrected chi connectivity index (χ2v) is 6.38. The van der Waals surface area contributed by atoms with E-state index >= 15 is 0 Å². The quantitative estimate of drug-likeness (QED) is 0.548. The zero-order valence-electron chi connectivity index (χ0n) is 5.09. The van der Waals surface area contributed by atoms with Crippen LogP contribution in [0.5, 0.6) is 0 Å². The van der Waals surface area contributed by atoms with E-state index in [1.165, 1.54) is 0 Å². The van der Waals surface area contributed by atoms with Crippen molar-refractivity contribution < 1.29 is 0 Å². The molecule has 0 aromatic carbocycles. The van der Waals surface area contributed by atoms with Crippen molar-refractivity contribution in [2.24, 2.45) is 0 Å². The molecule has 0 bridgehead atoms. The van der Waals surface area contributed by atoms with Gasteiger partial charge in [-0.3, -0.25) is 0 Å². The average Bonchev–Trinajstić information content (AvgIpc) is 2.01. The smallest absolute Gasteiger partial charge is 0.0583 e. The first-order valence-corrected chi connectivity index (χ1v) is 7.69. The fourth-order valence-electron chi connectivity index (χ4n) is 0.341. The van der Waals surface area contributed by atoms with Crippen LogP contribution in [0.3, 0.4) is 0 Å². The lowest BCUT2D eigenvalue weighted by molar-refractivity contribution is 0.769. The Hall–Kier alpha value is 2.40. The molecule has 0 amide bonds. The molecule has 1 atom stereocenters. The van der Waals surface area contributed by atoms with Gasteiger partial charge in [0.05, 0.1) is 4.32 Å². The molecule has 62 valence electrons. The van der Waals surface area contributed by atoms with Gasteiger partial charge in [0.1, 0.15) is 0 Å². The van der Waals surface area contributed by atoms with E-state index in [-0.39, 0.29) is 4.32 Å². The second kappa shape index (κ2) is 5.95. The highest BCUT2D eigenvalue weighted by atomic mass is 79.9. The molecule has 1 unspecified atom stereocenters. The van der Waals surface area contributed by atoms with Gasteiger partial charge in [0.25, 0.3) is 0 Å². The molecule has 0 saturated heterocycles. The first-order chi connectivity index (χ1) is 4.60. The number of rotatable bonds is 4. The third kappa shape index (κ3) is 3.42. The van der Waals surface area contributed by atoms with Crippen LogP contribution in [0.25, 0.3) is 0 Å². The molecule has 0 nitrogen and oxygen atoms in total. The highest BCUT2D eigenvalue weighted by Crippen LogP contribution is 2.33. The summed E-state index contributed by atoms with van der Waals surface area (Å²) in [5.41, 5.74) is 0. The molecule has 0 N–H and O–H groups in total. The molecule has 0 fully saturated rings. The summed E-state index contributed by atoms with van der Waals surface area (Å²) in [5.74, 6) is 0. The second-order valence-electron chi connectivity index (χ2n) is 1.92. The van der Waals surface area contributed by atoms with Gasteiger partial charge >= 0.3 is 0 Å². The summed E-state index contributed by atoms with van der Waals surface area (Å²) in [6.45, 7) is 0. The predicted octanol–water partition coefficient (Wildman–Crippen LogP) is 4.07. The van der Waals surface area contributed by atoms with E-state index < -0.39 is 0 Å². The molecule has 0 radical (unpaired) electrons. The minimum Gasteiger partial charge on any atom is -0.0915 e. The minimum absolute atomic E-state index is 0.108. The summed E-state index contributed by atoms with van der Waals surface area (Å²) in [5, 5.41) is 2.79. The van der Waals surface area contributed by atoms with Crippen LogP contribution in [0.2, 0.25) is 0 Å². The van der Waals surface area contributed by atoms with Gasteiger partial charge in [-0.1, -0.05) is 79.6 Å². The standard InChI is InChI=1S/C5H7Br5/c6-1-4(9)5(10,2-7)3-8/h4H,1-3H2. The molecular weight excluding hydrogens is 460 g/mol. The Morgan fingerprint density at radius 1 is 1.10 bits per heavy atom. The maximum atomic E-state index is 3.64. The normalized spacial score (nSPS) is 15.3. The Morgan fingerprint density at radius 2 is 1.50 bits per heavy atom. The molecule has 0 aromatic heterocycles. The number of hydrogen-bond acceptors (Lipinski definition) is 0. The summed E-state index contributed by atoms with van der Waals surface area (Å²) in [6, 6.07) is 0. The summed E-state index contributed by atoms with van der Waals surface area (Å²) >= 11 is 17.5. The molecule has 0 aliphatic carbocycles. The van der Waals surface area contributed by atoms with Crippen molar-refractivity contribution in [2.45, 2.75) is 9.15 Å². The van der Waals surface area contributed by atoms with Crippen LogP contribution >= 0.6 is 79.6 Å². The van der Waals surface area contributed by atoms with Gasteiger partial charge in [-0.25, -0.2) is 0 Å². The third-order valence-corrected chi connectivity index (χ3v) is 9.09. The van der Waals surface area contributed by atoms with Gasteiger partial charge in [-0.2, -0.15) is 0 Å². The average molecular weight is 467 g/mol. The van der Waals surface area contributed by atoms with Crippen LogP contribution < -0.4 is 0 Å². The molecule has 0 aliphatic heterocycles. The van der Waals surface area contributed by atoms with Crippen molar-refractivity contribution in [2.75, 3.05) is 16.0 Å². The van der Waals surface area contributed by atoms with Crippen LogP contribution in [0.4, 0.5) is 0 Å². The van der Waals surface area contributed by atoms with Gasteiger partial charge in [-0.05, 0) is 0 Å².